The number of carbonyl (C=O) groups excluding carboxylic acids is 2. The van der Waals surface area contributed by atoms with Crippen molar-refractivity contribution in [3.05, 3.63) is 85.8 Å². The highest BCUT2D eigenvalue weighted by Gasteiger charge is 2.24. The van der Waals surface area contributed by atoms with Crippen molar-refractivity contribution in [2.75, 3.05) is 0 Å². The number of carbonyl (C=O) groups is 2. The van der Waals surface area contributed by atoms with Gasteiger partial charge in [-0.15, -0.1) is 0 Å². The van der Waals surface area contributed by atoms with E-state index in [1.165, 1.54) is 55.5 Å². The van der Waals surface area contributed by atoms with Crippen LogP contribution in [0.1, 0.15) is 33.2 Å². The molecule has 0 unspecified atom stereocenters. The number of nitro benzene ring substituents is 1. The third-order valence-corrected chi connectivity index (χ3v) is 3.73. The maximum atomic E-state index is 12.8. The molecule has 0 radical (unpaired) electrons. The Morgan fingerprint density at radius 2 is 1.72 bits per heavy atom. The Bertz CT molecular complexity index is 1100. The zero-order valence-corrected chi connectivity index (χ0v) is 13.0. The maximum Gasteiger partial charge on any atom is 0.336 e. The number of fused-ring (bicyclic) bond motifs is 1. The van der Waals surface area contributed by atoms with Crippen molar-refractivity contribution in [1.82, 2.24) is 0 Å². The second-order valence-corrected chi connectivity index (χ2v) is 5.35. The average Bonchev–Trinajstić information content (AvgIpc) is 2.59. The van der Waals surface area contributed by atoms with Crippen LogP contribution in [0.5, 0.6) is 0 Å². The first-order chi connectivity index (χ1) is 11.9. The molecule has 0 spiro atoms. The van der Waals surface area contributed by atoms with Crippen LogP contribution in [0.4, 0.5) is 5.69 Å². The number of nitrogens with zero attached hydrogens (tertiary/aromatic N) is 1. The number of Topliss-reactive ketones (excluding diaryl/α,β-unsaturated/α-hetero) is 1. The summed E-state index contributed by atoms with van der Waals surface area (Å²) in [6.45, 7) is 1.29. The molecule has 7 nitrogen and oxygen atoms in total. The molecule has 7 heteroatoms. The lowest BCUT2D eigenvalue weighted by molar-refractivity contribution is -0.385. The molecule has 0 bridgehead atoms. The third kappa shape index (κ3) is 2.94. The summed E-state index contributed by atoms with van der Waals surface area (Å²) >= 11 is 0. The minimum absolute atomic E-state index is 0.0522. The van der Waals surface area contributed by atoms with Crippen LogP contribution in [-0.2, 0) is 0 Å². The number of hydrogen-bond donors (Lipinski definition) is 0. The van der Waals surface area contributed by atoms with E-state index in [-0.39, 0.29) is 33.7 Å². The summed E-state index contributed by atoms with van der Waals surface area (Å²) in [4.78, 5) is 46.7. The molecular weight excluding hydrogens is 326 g/mol. The molecule has 25 heavy (non-hydrogen) atoms. The average molecular weight is 337 g/mol. The highest BCUT2D eigenvalue weighted by atomic mass is 16.6. The van der Waals surface area contributed by atoms with E-state index in [9.17, 15) is 24.5 Å². The largest absolute Gasteiger partial charge is 0.423 e. The van der Waals surface area contributed by atoms with E-state index >= 15 is 0 Å². The van der Waals surface area contributed by atoms with Gasteiger partial charge < -0.3 is 4.42 Å². The van der Waals surface area contributed by atoms with Crippen molar-refractivity contribution in [2.24, 2.45) is 0 Å². The molecule has 0 aliphatic carbocycles. The van der Waals surface area contributed by atoms with Gasteiger partial charge in [0.25, 0.3) is 5.69 Å². The van der Waals surface area contributed by atoms with Gasteiger partial charge in [-0.3, -0.25) is 19.7 Å². The van der Waals surface area contributed by atoms with Crippen LogP contribution in [-0.4, -0.2) is 16.5 Å². The van der Waals surface area contributed by atoms with Gasteiger partial charge in [0, 0.05) is 28.6 Å². The molecule has 0 atom stereocenters. The summed E-state index contributed by atoms with van der Waals surface area (Å²) < 4.78 is 5.05. The lowest BCUT2D eigenvalue weighted by Gasteiger charge is -2.08. The maximum absolute atomic E-state index is 12.8. The fourth-order valence-electron chi connectivity index (χ4n) is 2.56. The van der Waals surface area contributed by atoms with Crippen molar-refractivity contribution < 1.29 is 18.9 Å². The predicted octanol–water partition coefficient (Wildman–Crippen LogP) is 3.13. The van der Waals surface area contributed by atoms with Crippen molar-refractivity contribution in [3.63, 3.8) is 0 Å². The second kappa shape index (κ2) is 6.12. The number of para-hydroxylation sites is 1. The molecule has 2 aromatic carbocycles. The minimum atomic E-state index is -0.689. The van der Waals surface area contributed by atoms with Crippen molar-refractivity contribution in [3.8, 4) is 0 Å². The summed E-state index contributed by atoms with van der Waals surface area (Å²) in [5, 5.41) is 11.6. The van der Waals surface area contributed by atoms with Crippen LogP contribution in [0.3, 0.4) is 0 Å². The second-order valence-electron chi connectivity index (χ2n) is 5.35. The van der Waals surface area contributed by atoms with Crippen LogP contribution in [0.15, 0.2) is 57.7 Å². The monoisotopic (exact) mass is 337 g/mol. The lowest BCUT2D eigenvalue weighted by Crippen LogP contribution is -2.11. The van der Waals surface area contributed by atoms with Gasteiger partial charge in [0.2, 0.25) is 5.78 Å². The zero-order chi connectivity index (χ0) is 18.1. The molecule has 1 heterocycles. The van der Waals surface area contributed by atoms with Crippen LogP contribution in [0.25, 0.3) is 11.0 Å². The summed E-state index contributed by atoms with van der Waals surface area (Å²) in [6.07, 6.45) is 0. The van der Waals surface area contributed by atoms with Crippen molar-refractivity contribution >= 4 is 28.2 Å². The van der Waals surface area contributed by atoms with Crippen LogP contribution in [0, 0.1) is 10.1 Å². The third-order valence-electron chi connectivity index (χ3n) is 3.73. The molecular formula is C18H11NO6. The van der Waals surface area contributed by atoms with E-state index in [0.29, 0.717) is 5.39 Å². The summed E-state index contributed by atoms with van der Waals surface area (Å²) in [7, 11) is 0. The highest BCUT2D eigenvalue weighted by Crippen LogP contribution is 2.26. The molecule has 0 N–H and O–H groups in total. The number of hydrogen-bond acceptors (Lipinski definition) is 6. The van der Waals surface area contributed by atoms with Gasteiger partial charge in [0.05, 0.1) is 4.92 Å². The molecule has 0 saturated carbocycles. The van der Waals surface area contributed by atoms with E-state index in [1.54, 1.807) is 0 Å². The van der Waals surface area contributed by atoms with Crippen LogP contribution >= 0.6 is 0 Å². The molecule has 0 aliphatic rings. The standard InChI is InChI=1S/C18H11NO6/c1-10(20)13-8-11-6-7-17(21)25-16(11)9-14(13)18(22)12-4-2-3-5-15(12)19(23)24/h2-9H,1H3. The van der Waals surface area contributed by atoms with Gasteiger partial charge in [-0.25, -0.2) is 4.79 Å². The van der Waals surface area contributed by atoms with E-state index in [2.05, 4.69) is 0 Å². The van der Waals surface area contributed by atoms with Gasteiger partial charge in [0.1, 0.15) is 11.1 Å². The minimum Gasteiger partial charge on any atom is -0.423 e. The van der Waals surface area contributed by atoms with E-state index < -0.39 is 16.3 Å². The molecule has 0 fully saturated rings. The molecule has 3 aromatic rings. The van der Waals surface area contributed by atoms with E-state index in [1.807, 2.05) is 0 Å². The zero-order valence-electron chi connectivity index (χ0n) is 13.0. The number of benzene rings is 2. The van der Waals surface area contributed by atoms with E-state index in [0.717, 1.165) is 0 Å². The van der Waals surface area contributed by atoms with Gasteiger partial charge in [-0.1, -0.05) is 12.1 Å². The Balaban J connectivity index is 2.28. The fourth-order valence-corrected chi connectivity index (χ4v) is 2.56. The van der Waals surface area contributed by atoms with Crippen LogP contribution < -0.4 is 5.63 Å². The first-order valence-electron chi connectivity index (χ1n) is 7.25. The SMILES string of the molecule is CC(=O)c1cc2ccc(=O)oc2cc1C(=O)c1ccccc1[N+](=O)[O-]. The quantitative estimate of drug-likeness (QED) is 0.313. The summed E-state index contributed by atoms with van der Waals surface area (Å²) in [5.41, 5.74) is -0.941. The van der Waals surface area contributed by atoms with E-state index in [4.69, 9.17) is 4.42 Å². The number of rotatable bonds is 4. The van der Waals surface area contributed by atoms with Gasteiger partial charge in [0.15, 0.2) is 5.78 Å². The van der Waals surface area contributed by atoms with Gasteiger partial charge in [-0.2, -0.15) is 0 Å². The Labute approximate surface area is 140 Å². The van der Waals surface area contributed by atoms with Crippen molar-refractivity contribution in [2.45, 2.75) is 6.92 Å². The summed E-state index contributed by atoms with van der Waals surface area (Å²) in [5.74, 6) is -1.07. The topological polar surface area (TPSA) is 107 Å². The molecule has 1 aromatic heterocycles. The first kappa shape index (κ1) is 16.3. The molecule has 0 aliphatic heterocycles. The smallest absolute Gasteiger partial charge is 0.336 e. The van der Waals surface area contributed by atoms with Gasteiger partial charge >= 0.3 is 5.63 Å². The Morgan fingerprint density at radius 1 is 1.00 bits per heavy atom. The fraction of sp³-hybridized carbons (Fsp3) is 0.0556. The van der Waals surface area contributed by atoms with Crippen LogP contribution in [0.2, 0.25) is 0 Å². The Kier molecular flexibility index (Phi) is 3.98. The molecule has 124 valence electrons. The summed E-state index contributed by atoms with van der Waals surface area (Å²) in [6, 6.07) is 10.9. The normalized spacial score (nSPS) is 10.6. The lowest BCUT2D eigenvalue weighted by atomic mass is 9.94. The first-order valence-corrected chi connectivity index (χ1v) is 7.25. The predicted molar refractivity (Wildman–Crippen MR) is 89.0 cm³/mol. The van der Waals surface area contributed by atoms with Crippen molar-refractivity contribution in [1.29, 1.82) is 0 Å². The number of ketones is 2. The Morgan fingerprint density at radius 3 is 2.40 bits per heavy atom. The molecule has 3 rings (SSSR count). The Hall–Kier alpha value is -3.61. The highest BCUT2D eigenvalue weighted by molar-refractivity contribution is 6.18. The molecule has 0 amide bonds. The van der Waals surface area contributed by atoms with Gasteiger partial charge in [-0.05, 0) is 31.2 Å². The number of nitro groups is 1. The molecule has 0 saturated heterocycles.